The molecular formula is C43H36IrN2OS-2. The number of hydrogen-bond acceptors (Lipinski definition) is 4. The zero-order valence-electron chi connectivity index (χ0n) is 27.9. The van der Waals surface area contributed by atoms with Crippen LogP contribution in [0.2, 0.25) is 0 Å². The van der Waals surface area contributed by atoms with Crippen LogP contribution in [-0.2, 0) is 20.1 Å². The Kier molecular flexibility index (Phi) is 9.75. The Morgan fingerprint density at radius 2 is 1.46 bits per heavy atom. The molecule has 8 rings (SSSR count). The van der Waals surface area contributed by atoms with Crippen LogP contribution in [0.15, 0.2) is 108 Å². The minimum absolute atomic E-state index is 0. The molecule has 1 radical (unpaired) electrons. The van der Waals surface area contributed by atoms with Crippen molar-refractivity contribution in [1.82, 2.24) is 9.97 Å². The average molecular weight is 821 g/mol. The Bertz CT molecular complexity index is 2310. The molecule has 0 saturated heterocycles. The van der Waals surface area contributed by atoms with Gasteiger partial charge in [-0.1, -0.05) is 73.3 Å². The summed E-state index contributed by atoms with van der Waals surface area (Å²) in [5.74, 6) is 0.359. The van der Waals surface area contributed by atoms with Crippen LogP contribution in [0, 0.1) is 39.8 Å². The van der Waals surface area contributed by atoms with E-state index >= 15 is 0 Å². The summed E-state index contributed by atoms with van der Waals surface area (Å²) in [6, 6.07) is 37.5. The monoisotopic (exact) mass is 821 g/mol. The number of nitrogens with zero attached hydrogens (tertiary/aromatic N) is 2. The number of hydrogen-bond donors (Lipinski definition) is 0. The third-order valence-electron chi connectivity index (χ3n) is 8.96. The van der Waals surface area contributed by atoms with Crippen LogP contribution in [0.5, 0.6) is 0 Å². The van der Waals surface area contributed by atoms with Crippen molar-refractivity contribution in [3.63, 3.8) is 0 Å². The molecule has 0 amide bonds. The van der Waals surface area contributed by atoms with Gasteiger partial charge < -0.3 is 14.4 Å². The Balaban J connectivity index is 0.000000260. The van der Waals surface area contributed by atoms with E-state index in [-0.39, 0.29) is 20.1 Å². The van der Waals surface area contributed by atoms with E-state index < -0.39 is 0 Å². The predicted octanol–water partition coefficient (Wildman–Crippen LogP) is 12.2. The minimum Gasteiger partial charge on any atom is -0.499 e. The molecule has 4 aromatic carbocycles. The van der Waals surface area contributed by atoms with Gasteiger partial charge >= 0.3 is 0 Å². The topological polar surface area (TPSA) is 38.9 Å². The quantitative estimate of drug-likeness (QED) is 0.166. The second-order valence-corrected chi connectivity index (χ2v) is 13.6. The second-order valence-electron chi connectivity index (χ2n) is 12.4. The van der Waals surface area contributed by atoms with Gasteiger partial charge in [-0.05, 0) is 84.3 Å². The molecule has 3 nitrogen and oxygen atoms in total. The van der Waals surface area contributed by atoms with Crippen LogP contribution in [0.4, 0.5) is 0 Å². The van der Waals surface area contributed by atoms with Crippen molar-refractivity contribution in [2.24, 2.45) is 0 Å². The molecule has 4 aromatic heterocycles. The molecule has 5 heteroatoms. The zero-order valence-corrected chi connectivity index (χ0v) is 31.1. The fourth-order valence-electron chi connectivity index (χ4n) is 6.39. The van der Waals surface area contributed by atoms with Gasteiger partial charge in [-0.3, -0.25) is 0 Å². The summed E-state index contributed by atoms with van der Waals surface area (Å²) in [7, 11) is 0. The van der Waals surface area contributed by atoms with Crippen LogP contribution >= 0.6 is 11.3 Å². The fraction of sp³-hybridized carbons (Fsp3) is 0.163. The van der Waals surface area contributed by atoms with Crippen molar-refractivity contribution in [3.05, 3.63) is 143 Å². The number of aryl methyl sites for hydroxylation is 4. The summed E-state index contributed by atoms with van der Waals surface area (Å²) in [5, 5.41) is 3.55. The number of aromatic nitrogens is 2. The Labute approximate surface area is 300 Å². The Morgan fingerprint density at radius 1 is 0.708 bits per heavy atom. The number of benzene rings is 4. The van der Waals surface area contributed by atoms with Crippen LogP contribution < -0.4 is 0 Å². The molecule has 0 aliphatic carbocycles. The second kappa shape index (κ2) is 14.0. The van der Waals surface area contributed by atoms with Gasteiger partial charge in [0.2, 0.25) is 0 Å². The minimum atomic E-state index is 0. The van der Waals surface area contributed by atoms with E-state index in [0.717, 1.165) is 44.5 Å². The average Bonchev–Trinajstić information content (AvgIpc) is 3.62. The van der Waals surface area contributed by atoms with Gasteiger partial charge in [-0.2, -0.15) is 0 Å². The van der Waals surface area contributed by atoms with Crippen LogP contribution in [0.1, 0.15) is 46.9 Å². The first-order valence-corrected chi connectivity index (χ1v) is 16.8. The van der Waals surface area contributed by atoms with Gasteiger partial charge in [0.05, 0.1) is 10.3 Å². The van der Waals surface area contributed by atoms with E-state index in [9.17, 15) is 0 Å². The van der Waals surface area contributed by atoms with Crippen molar-refractivity contribution < 1.29 is 24.5 Å². The van der Waals surface area contributed by atoms with Crippen LogP contribution in [0.3, 0.4) is 0 Å². The molecule has 8 aromatic rings. The predicted molar refractivity (Wildman–Crippen MR) is 198 cm³/mol. The molecule has 0 fully saturated rings. The Hall–Kier alpha value is -4.41. The van der Waals surface area contributed by atoms with E-state index in [2.05, 4.69) is 101 Å². The number of furan rings is 1. The van der Waals surface area contributed by atoms with Gasteiger partial charge in [0.1, 0.15) is 5.58 Å². The summed E-state index contributed by atoms with van der Waals surface area (Å²) in [6.45, 7) is 13.2. The summed E-state index contributed by atoms with van der Waals surface area (Å²) in [4.78, 5) is 10.5. The molecular weight excluding hydrogens is 785 g/mol. The smallest absolute Gasteiger partial charge is 0.138 e. The van der Waals surface area contributed by atoms with E-state index in [1.807, 2.05) is 66.1 Å². The van der Waals surface area contributed by atoms with Gasteiger partial charge in [-0.15, -0.1) is 65.4 Å². The molecule has 0 bridgehead atoms. The fourth-order valence-corrected chi connectivity index (χ4v) is 7.54. The molecule has 241 valence electrons. The summed E-state index contributed by atoms with van der Waals surface area (Å²) in [5.41, 5.74) is 13.3. The zero-order chi connectivity index (χ0) is 32.7. The maximum Gasteiger partial charge on any atom is 0.138 e. The standard InChI is InChI=1S/C32H28NOS.C11H8N.Ir/c1-17(2)26-15-28(33-16-27(26)29-18(3)9-7-10-19(29)4)25-12-8-11-23-24-14-13-22-20(5)21(6)35-32(22)31(24)34-30(23)25;1-2-6-10(7-3-1)11-8-4-5-9-12-11;/h7-11,13-17H,1-6H3;1-6,8-9H;/q2*-1;. The molecule has 0 aliphatic heterocycles. The number of thiophene rings is 1. The van der Waals surface area contributed by atoms with Gasteiger partial charge in [0, 0.05) is 48.3 Å². The summed E-state index contributed by atoms with van der Waals surface area (Å²) in [6.07, 6.45) is 3.83. The maximum absolute atomic E-state index is 6.61. The van der Waals surface area contributed by atoms with Crippen molar-refractivity contribution in [1.29, 1.82) is 0 Å². The van der Waals surface area contributed by atoms with Crippen LogP contribution in [0.25, 0.3) is 65.7 Å². The summed E-state index contributed by atoms with van der Waals surface area (Å²) < 4.78 is 7.84. The van der Waals surface area contributed by atoms with E-state index in [4.69, 9.17) is 9.40 Å². The molecule has 0 spiro atoms. The van der Waals surface area contributed by atoms with Crippen LogP contribution in [-0.4, -0.2) is 9.97 Å². The van der Waals surface area contributed by atoms with Crippen molar-refractivity contribution in [3.8, 4) is 33.6 Å². The normalized spacial score (nSPS) is 11.1. The molecule has 0 aliphatic rings. The van der Waals surface area contributed by atoms with E-state index in [1.165, 1.54) is 48.3 Å². The third kappa shape index (κ3) is 6.15. The van der Waals surface area contributed by atoms with E-state index in [1.54, 1.807) is 6.20 Å². The molecule has 4 heterocycles. The maximum atomic E-state index is 6.61. The van der Waals surface area contributed by atoms with E-state index in [0.29, 0.717) is 5.92 Å². The molecule has 0 N–H and O–H groups in total. The van der Waals surface area contributed by atoms with Gasteiger partial charge in [0.15, 0.2) is 0 Å². The third-order valence-corrected chi connectivity index (χ3v) is 10.2. The molecule has 0 atom stereocenters. The first-order chi connectivity index (χ1) is 22.8. The largest absolute Gasteiger partial charge is 0.499 e. The van der Waals surface area contributed by atoms with Gasteiger partial charge in [0.25, 0.3) is 0 Å². The van der Waals surface area contributed by atoms with Crippen molar-refractivity contribution in [2.45, 2.75) is 47.5 Å². The van der Waals surface area contributed by atoms with Crippen molar-refractivity contribution in [2.75, 3.05) is 0 Å². The SMILES string of the molecule is Cc1cccc(C)c1-c1cnc(-c2[c-]ccc3c2oc2c3ccc3c(C)c(C)sc32)cc1C(C)C.[Ir].[c-]1ccccc1-c1ccccn1. The van der Waals surface area contributed by atoms with Crippen molar-refractivity contribution >= 4 is 43.4 Å². The number of rotatable bonds is 4. The molecule has 0 saturated carbocycles. The number of pyridine rings is 2. The first-order valence-electron chi connectivity index (χ1n) is 16.0. The first kappa shape index (κ1) is 33.5. The number of fused-ring (bicyclic) bond motifs is 5. The molecule has 0 unspecified atom stereocenters. The Morgan fingerprint density at radius 3 is 2.17 bits per heavy atom. The summed E-state index contributed by atoms with van der Waals surface area (Å²) >= 11 is 1.81. The van der Waals surface area contributed by atoms with Gasteiger partial charge in [-0.25, -0.2) is 0 Å². The molecule has 48 heavy (non-hydrogen) atoms.